The highest BCUT2D eigenvalue weighted by Crippen LogP contribution is 2.36. The third kappa shape index (κ3) is 4.44. The summed E-state index contributed by atoms with van der Waals surface area (Å²) in [4.78, 5) is 24.3. The minimum atomic E-state index is -0.689. The minimum Gasteiger partial charge on any atom is -0.495 e. The van der Waals surface area contributed by atoms with E-state index < -0.39 is 18.5 Å². The Labute approximate surface area is 183 Å². The number of para-hydroxylation sites is 3. The Morgan fingerprint density at radius 1 is 0.812 bits per heavy atom. The largest absolute Gasteiger partial charge is 0.495 e. The molecular weight excluding hydrogens is 414 g/mol. The van der Waals surface area contributed by atoms with E-state index in [0.717, 1.165) is 16.4 Å². The van der Waals surface area contributed by atoms with Crippen LogP contribution < -0.4 is 19.5 Å². The predicted octanol–water partition coefficient (Wildman–Crippen LogP) is 4.16. The number of nitrogens with one attached hydrogen (secondary N) is 1. The molecule has 164 valence electrons. The zero-order valence-corrected chi connectivity index (χ0v) is 17.5. The third-order valence-corrected chi connectivity index (χ3v) is 4.75. The number of benzene rings is 3. The SMILES string of the molecule is COc1cc2c(cc1NC(=O)COC(=O)COc1ccccc1OC)oc1ccccc12. The van der Waals surface area contributed by atoms with Gasteiger partial charge in [-0.25, -0.2) is 4.79 Å². The normalized spacial score (nSPS) is 10.7. The van der Waals surface area contributed by atoms with Gasteiger partial charge >= 0.3 is 5.97 Å². The third-order valence-electron chi connectivity index (χ3n) is 4.75. The molecule has 0 saturated heterocycles. The number of carbonyl (C=O) groups excluding carboxylic acids is 2. The van der Waals surface area contributed by atoms with Gasteiger partial charge in [0.1, 0.15) is 16.9 Å². The van der Waals surface area contributed by atoms with E-state index in [9.17, 15) is 9.59 Å². The van der Waals surface area contributed by atoms with Crippen molar-refractivity contribution < 1.29 is 33.0 Å². The van der Waals surface area contributed by atoms with Crippen molar-refractivity contribution in [1.82, 2.24) is 0 Å². The van der Waals surface area contributed by atoms with E-state index in [-0.39, 0.29) is 6.61 Å². The molecule has 4 rings (SSSR count). The highest BCUT2D eigenvalue weighted by atomic mass is 16.6. The number of hydrogen-bond acceptors (Lipinski definition) is 7. The van der Waals surface area contributed by atoms with Gasteiger partial charge in [-0.3, -0.25) is 4.79 Å². The first kappa shape index (κ1) is 21.0. The van der Waals surface area contributed by atoms with Crippen LogP contribution in [0.25, 0.3) is 21.9 Å². The molecule has 0 unspecified atom stereocenters. The monoisotopic (exact) mass is 435 g/mol. The topological polar surface area (TPSA) is 96.2 Å². The number of esters is 1. The molecule has 0 aliphatic heterocycles. The zero-order valence-electron chi connectivity index (χ0n) is 17.5. The summed E-state index contributed by atoms with van der Waals surface area (Å²) in [5, 5.41) is 4.50. The number of rotatable bonds is 8. The maximum atomic E-state index is 12.3. The Kier molecular flexibility index (Phi) is 6.12. The molecule has 0 aliphatic rings. The van der Waals surface area contributed by atoms with Crippen LogP contribution in [0.3, 0.4) is 0 Å². The summed E-state index contributed by atoms with van der Waals surface area (Å²) < 4.78 is 26.8. The van der Waals surface area contributed by atoms with E-state index in [0.29, 0.717) is 28.5 Å². The van der Waals surface area contributed by atoms with Gasteiger partial charge < -0.3 is 28.7 Å². The lowest BCUT2D eigenvalue weighted by atomic mass is 10.1. The van der Waals surface area contributed by atoms with Crippen LogP contribution in [0, 0.1) is 0 Å². The van der Waals surface area contributed by atoms with E-state index in [1.165, 1.54) is 14.2 Å². The van der Waals surface area contributed by atoms with Crippen molar-refractivity contribution in [3.63, 3.8) is 0 Å². The molecule has 1 heterocycles. The van der Waals surface area contributed by atoms with Crippen molar-refractivity contribution >= 4 is 39.5 Å². The number of carbonyl (C=O) groups is 2. The number of fused-ring (bicyclic) bond motifs is 3. The predicted molar refractivity (Wildman–Crippen MR) is 118 cm³/mol. The summed E-state index contributed by atoms with van der Waals surface area (Å²) in [6.45, 7) is -0.836. The molecule has 3 aromatic carbocycles. The Morgan fingerprint density at radius 2 is 1.53 bits per heavy atom. The molecule has 0 fully saturated rings. The summed E-state index contributed by atoms with van der Waals surface area (Å²) in [6.07, 6.45) is 0. The maximum absolute atomic E-state index is 12.3. The second-order valence-electron chi connectivity index (χ2n) is 6.80. The number of ether oxygens (including phenoxy) is 4. The van der Waals surface area contributed by atoms with Crippen molar-refractivity contribution in [2.45, 2.75) is 0 Å². The van der Waals surface area contributed by atoms with Gasteiger partial charge in [0, 0.05) is 16.8 Å². The Bertz CT molecular complexity index is 1280. The van der Waals surface area contributed by atoms with Gasteiger partial charge in [0.05, 0.1) is 19.9 Å². The van der Waals surface area contributed by atoms with Gasteiger partial charge in [-0.15, -0.1) is 0 Å². The van der Waals surface area contributed by atoms with E-state index in [1.54, 1.807) is 36.4 Å². The fourth-order valence-electron chi connectivity index (χ4n) is 3.27. The highest BCUT2D eigenvalue weighted by molar-refractivity contribution is 6.07. The fraction of sp³-hybridized carbons (Fsp3) is 0.167. The van der Waals surface area contributed by atoms with Crippen molar-refractivity contribution in [3.8, 4) is 17.2 Å². The quantitative estimate of drug-likeness (QED) is 0.415. The van der Waals surface area contributed by atoms with Gasteiger partial charge in [0.25, 0.3) is 5.91 Å². The second-order valence-corrected chi connectivity index (χ2v) is 6.80. The molecule has 1 amide bonds. The van der Waals surface area contributed by atoms with Crippen molar-refractivity contribution in [3.05, 3.63) is 60.7 Å². The number of amides is 1. The molecule has 0 saturated carbocycles. The molecular formula is C24H21NO7. The maximum Gasteiger partial charge on any atom is 0.344 e. The minimum absolute atomic E-state index is 0.359. The first-order valence-corrected chi connectivity index (χ1v) is 9.79. The Morgan fingerprint density at radius 3 is 2.31 bits per heavy atom. The van der Waals surface area contributed by atoms with Crippen LogP contribution in [-0.4, -0.2) is 39.3 Å². The average molecular weight is 435 g/mol. The molecule has 0 radical (unpaired) electrons. The number of furan rings is 1. The lowest BCUT2D eigenvalue weighted by Gasteiger charge is -2.11. The van der Waals surface area contributed by atoms with Gasteiger partial charge in [-0.1, -0.05) is 30.3 Å². The number of hydrogen-bond donors (Lipinski definition) is 1. The number of methoxy groups -OCH3 is 2. The average Bonchev–Trinajstić information content (AvgIpc) is 3.18. The molecule has 8 heteroatoms. The smallest absolute Gasteiger partial charge is 0.344 e. The van der Waals surface area contributed by atoms with Crippen molar-refractivity contribution in [2.24, 2.45) is 0 Å². The van der Waals surface area contributed by atoms with Crippen LogP contribution in [0.1, 0.15) is 0 Å². The second kappa shape index (κ2) is 9.30. The first-order valence-electron chi connectivity index (χ1n) is 9.79. The lowest BCUT2D eigenvalue weighted by molar-refractivity contribution is -0.149. The Balaban J connectivity index is 1.38. The molecule has 0 atom stereocenters. The van der Waals surface area contributed by atoms with Crippen LogP contribution >= 0.6 is 0 Å². The summed E-state index contributed by atoms with van der Waals surface area (Å²) >= 11 is 0. The highest BCUT2D eigenvalue weighted by Gasteiger charge is 2.15. The summed E-state index contributed by atoms with van der Waals surface area (Å²) in [5.41, 5.74) is 1.74. The van der Waals surface area contributed by atoms with E-state index >= 15 is 0 Å². The zero-order chi connectivity index (χ0) is 22.5. The van der Waals surface area contributed by atoms with Crippen LogP contribution in [0.2, 0.25) is 0 Å². The molecule has 0 bridgehead atoms. The molecule has 0 spiro atoms. The van der Waals surface area contributed by atoms with Crippen LogP contribution in [0.5, 0.6) is 17.2 Å². The van der Waals surface area contributed by atoms with Crippen molar-refractivity contribution in [1.29, 1.82) is 0 Å². The Hall–Kier alpha value is -4.20. The molecule has 32 heavy (non-hydrogen) atoms. The first-order chi connectivity index (χ1) is 15.6. The molecule has 1 N–H and O–H groups in total. The lowest BCUT2D eigenvalue weighted by Crippen LogP contribution is -2.24. The van der Waals surface area contributed by atoms with Gasteiger partial charge in [0.2, 0.25) is 0 Å². The fourth-order valence-corrected chi connectivity index (χ4v) is 3.27. The number of anilines is 1. The van der Waals surface area contributed by atoms with Crippen LogP contribution in [0.4, 0.5) is 5.69 Å². The summed E-state index contributed by atoms with van der Waals surface area (Å²) in [6, 6.07) is 18.0. The van der Waals surface area contributed by atoms with Gasteiger partial charge in [0.15, 0.2) is 24.7 Å². The van der Waals surface area contributed by atoms with E-state index in [1.807, 2.05) is 24.3 Å². The molecule has 0 aliphatic carbocycles. The summed E-state index contributed by atoms with van der Waals surface area (Å²) in [7, 11) is 3.01. The molecule has 8 nitrogen and oxygen atoms in total. The van der Waals surface area contributed by atoms with Gasteiger partial charge in [-0.2, -0.15) is 0 Å². The summed E-state index contributed by atoms with van der Waals surface area (Å²) in [5.74, 6) is 0.143. The van der Waals surface area contributed by atoms with Gasteiger partial charge in [-0.05, 0) is 24.3 Å². The van der Waals surface area contributed by atoms with Crippen molar-refractivity contribution in [2.75, 3.05) is 32.8 Å². The molecule has 1 aromatic heterocycles. The van der Waals surface area contributed by atoms with E-state index in [2.05, 4.69) is 5.32 Å². The molecule has 4 aromatic rings. The van der Waals surface area contributed by atoms with Crippen LogP contribution in [-0.2, 0) is 14.3 Å². The standard InChI is InChI=1S/C24H21NO7/c1-28-19-9-5-6-10-20(19)30-14-24(27)31-13-23(26)25-17-12-21-16(11-22(17)29-2)15-7-3-4-8-18(15)32-21/h3-12H,13-14H2,1-2H3,(H,25,26). The van der Waals surface area contributed by atoms with Crippen LogP contribution in [0.15, 0.2) is 65.1 Å². The van der Waals surface area contributed by atoms with E-state index in [4.69, 9.17) is 23.4 Å².